The lowest BCUT2D eigenvalue weighted by Gasteiger charge is -2.23. The molecule has 0 fully saturated rings. The van der Waals surface area contributed by atoms with Crippen molar-refractivity contribution >= 4 is 38.0 Å². The van der Waals surface area contributed by atoms with Gasteiger partial charge in [-0.1, -0.05) is 76.1 Å². The summed E-state index contributed by atoms with van der Waals surface area (Å²) in [5, 5.41) is 2.88. The molecule has 0 unspecified atom stereocenters. The van der Waals surface area contributed by atoms with Gasteiger partial charge in [0.05, 0.1) is 24.7 Å². The van der Waals surface area contributed by atoms with Crippen LogP contribution in [0, 0.1) is 6.92 Å². The molecule has 2 atom stereocenters. The van der Waals surface area contributed by atoms with Crippen molar-refractivity contribution < 1.29 is 27.0 Å². The molecule has 4 rings (SSSR count). The van der Waals surface area contributed by atoms with Gasteiger partial charge >= 0.3 is 6.09 Å². The van der Waals surface area contributed by atoms with Crippen LogP contribution < -0.4 is 10.8 Å². The van der Waals surface area contributed by atoms with Gasteiger partial charge in [0.1, 0.15) is 18.5 Å². The summed E-state index contributed by atoms with van der Waals surface area (Å²) in [5.74, 6) is 0.243. The van der Waals surface area contributed by atoms with Crippen molar-refractivity contribution in [1.82, 2.24) is 10.8 Å². The summed E-state index contributed by atoms with van der Waals surface area (Å²) in [5.41, 5.74) is 5.55. The summed E-state index contributed by atoms with van der Waals surface area (Å²) in [7, 11) is -3.90. The fourth-order valence-corrected chi connectivity index (χ4v) is 5.00. The topological polar surface area (TPSA) is 115 Å². The first-order valence-corrected chi connectivity index (χ1v) is 14.1. The Morgan fingerprint density at radius 2 is 1.71 bits per heavy atom. The first-order valence-electron chi connectivity index (χ1n) is 11.9. The third-order valence-corrected chi connectivity index (χ3v) is 7.70. The van der Waals surface area contributed by atoms with Crippen molar-refractivity contribution in [3.63, 3.8) is 0 Å². The Labute approximate surface area is 230 Å². The molecular weight excluding hydrogens is 574 g/mol. The molecule has 0 bridgehead atoms. The molecule has 1 aliphatic rings. The number of hydroxylamine groups is 1. The van der Waals surface area contributed by atoms with Gasteiger partial charge in [0.2, 0.25) is 0 Å². The number of aliphatic imine (C=N–C) groups is 1. The van der Waals surface area contributed by atoms with E-state index in [4.69, 9.17) is 13.8 Å². The number of carbonyl (C=O) groups is 1. The molecule has 38 heavy (non-hydrogen) atoms. The van der Waals surface area contributed by atoms with Gasteiger partial charge in [0, 0.05) is 10.4 Å². The molecule has 1 aliphatic heterocycles. The normalized spacial score (nSPS) is 17.1. The summed E-state index contributed by atoms with van der Waals surface area (Å²) in [6, 6.07) is 23.0. The highest BCUT2D eigenvalue weighted by molar-refractivity contribution is 9.10. The molecule has 3 aromatic carbocycles. The van der Waals surface area contributed by atoms with Crippen LogP contribution in [0.1, 0.15) is 22.6 Å². The third-order valence-electron chi connectivity index (χ3n) is 5.85. The van der Waals surface area contributed by atoms with Crippen LogP contribution in [0.4, 0.5) is 4.79 Å². The van der Waals surface area contributed by atoms with E-state index in [9.17, 15) is 13.2 Å². The van der Waals surface area contributed by atoms with E-state index >= 15 is 0 Å². The number of benzene rings is 3. The number of ether oxygens (including phenoxy) is 1. The van der Waals surface area contributed by atoms with Crippen molar-refractivity contribution in [2.75, 3.05) is 19.8 Å². The van der Waals surface area contributed by atoms with E-state index in [1.54, 1.807) is 12.1 Å². The van der Waals surface area contributed by atoms with Crippen molar-refractivity contribution in [2.24, 2.45) is 4.99 Å². The number of aryl methyl sites for hydroxylation is 1. The van der Waals surface area contributed by atoms with Crippen LogP contribution in [0.5, 0.6) is 0 Å². The zero-order valence-electron chi connectivity index (χ0n) is 20.7. The van der Waals surface area contributed by atoms with E-state index in [0.29, 0.717) is 12.4 Å². The van der Waals surface area contributed by atoms with Crippen LogP contribution in [0.15, 0.2) is 93.2 Å². The van der Waals surface area contributed by atoms with Crippen LogP contribution in [0.25, 0.3) is 0 Å². The maximum Gasteiger partial charge on any atom is 0.408 e. The number of rotatable bonds is 10. The minimum atomic E-state index is -3.90. The lowest BCUT2D eigenvalue weighted by Crippen LogP contribution is -2.48. The quantitative estimate of drug-likeness (QED) is 0.200. The SMILES string of the molecule is Cc1ccc(S(=O)(=O)OCCONC2=NC[C@@H](c3ccc(Br)cc3)[C@@H]2NC(=O)OCc2ccccc2)cc1. The van der Waals surface area contributed by atoms with E-state index in [0.717, 1.165) is 21.2 Å². The minimum Gasteiger partial charge on any atom is -0.445 e. The molecule has 3 aromatic rings. The van der Waals surface area contributed by atoms with Crippen LogP contribution in [-0.2, 0) is 30.5 Å². The van der Waals surface area contributed by atoms with Gasteiger partial charge in [0.25, 0.3) is 10.1 Å². The Kier molecular flexibility index (Phi) is 9.51. The number of hydrogen-bond donors (Lipinski definition) is 2. The molecule has 11 heteroatoms. The lowest BCUT2D eigenvalue weighted by molar-refractivity contribution is 0.0588. The van der Waals surface area contributed by atoms with E-state index < -0.39 is 22.3 Å². The van der Waals surface area contributed by atoms with Gasteiger partial charge in [-0.3, -0.25) is 19.5 Å². The molecule has 200 valence electrons. The Bertz CT molecular complexity index is 1350. The number of nitrogens with one attached hydrogen (secondary N) is 2. The highest BCUT2D eigenvalue weighted by Crippen LogP contribution is 2.27. The molecule has 1 heterocycles. The number of alkyl carbamates (subject to hydrolysis) is 1. The van der Waals surface area contributed by atoms with Gasteiger partial charge in [-0.05, 0) is 42.3 Å². The number of carbonyl (C=O) groups excluding carboxylic acids is 1. The number of nitrogens with zero attached hydrogens (tertiary/aromatic N) is 1. The smallest absolute Gasteiger partial charge is 0.408 e. The van der Waals surface area contributed by atoms with Gasteiger partial charge in [-0.2, -0.15) is 8.42 Å². The molecule has 9 nitrogen and oxygen atoms in total. The average molecular weight is 603 g/mol. The number of hydrogen-bond acceptors (Lipinski definition) is 8. The largest absolute Gasteiger partial charge is 0.445 e. The maximum absolute atomic E-state index is 12.6. The minimum absolute atomic E-state index is 0.0712. The van der Waals surface area contributed by atoms with Crippen molar-refractivity contribution in [3.8, 4) is 0 Å². The summed E-state index contributed by atoms with van der Waals surface area (Å²) in [4.78, 5) is 22.7. The molecule has 2 N–H and O–H groups in total. The summed E-state index contributed by atoms with van der Waals surface area (Å²) >= 11 is 3.44. The number of halogens is 1. The van der Waals surface area contributed by atoms with Crippen molar-refractivity contribution in [3.05, 3.63) is 100 Å². The Hall–Kier alpha value is -3.25. The highest BCUT2D eigenvalue weighted by atomic mass is 79.9. The van der Waals surface area contributed by atoms with Crippen molar-refractivity contribution in [1.29, 1.82) is 0 Å². The van der Waals surface area contributed by atoms with Crippen molar-refractivity contribution in [2.45, 2.75) is 30.4 Å². The first-order chi connectivity index (χ1) is 18.3. The second-order valence-corrected chi connectivity index (χ2v) is 11.1. The van der Waals surface area contributed by atoms with Crippen LogP contribution in [0.2, 0.25) is 0 Å². The van der Waals surface area contributed by atoms with Gasteiger partial charge in [-0.25, -0.2) is 4.79 Å². The van der Waals surface area contributed by atoms with Crippen LogP contribution in [-0.4, -0.2) is 46.1 Å². The predicted molar refractivity (Wildman–Crippen MR) is 146 cm³/mol. The molecule has 0 saturated heterocycles. The van der Waals surface area contributed by atoms with E-state index in [1.807, 2.05) is 61.5 Å². The molecule has 0 spiro atoms. The molecule has 0 aliphatic carbocycles. The summed E-state index contributed by atoms with van der Waals surface area (Å²) in [6.45, 7) is 2.14. The van der Waals surface area contributed by atoms with E-state index in [-0.39, 0.29) is 30.6 Å². The number of amides is 1. The Balaban J connectivity index is 1.33. The molecule has 0 aromatic heterocycles. The van der Waals surface area contributed by atoms with Gasteiger partial charge in [-0.15, -0.1) is 0 Å². The fraction of sp³-hybridized carbons (Fsp3) is 0.259. The maximum atomic E-state index is 12.6. The molecule has 0 radical (unpaired) electrons. The second-order valence-electron chi connectivity index (χ2n) is 8.61. The summed E-state index contributed by atoms with van der Waals surface area (Å²) in [6.07, 6.45) is -0.593. The lowest BCUT2D eigenvalue weighted by atomic mass is 9.93. The zero-order chi connectivity index (χ0) is 27.0. The van der Waals surface area contributed by atoms with E-state index in [2.05, 4.69) is 31.7 Å². The predicted octanol–water partition coefficient (Wildman–Crippen LogP) is 4.47. The van der Waals surface area contributed by atoms with Gasteiger partial charge in [0.15, 0.2) is 0 Å². The highest BCUT2D eigenvalue weighted by Gasteiger charge is 2.35. The standard InChI is InChI=1S/C27H28BrN3O6S/c1-19-7-13-23(14-8-19)38(33,34)37-16-15-36-31-26-25(24(17-29-26)21-9-11-22(28)12-10-21)30-27(32)35-18-20-5-3-2-4-6-20/h2-14,24-25H,15-18H2,1H3,(H,29,31)(H,30,32)/t24-,25-/m0/s1. The monoisotopic (exact) mass is 601 g/mol. The molecule has 0 saturated carbocycles. The number of amidine groups is 1. The Morgan fingerprint density at radius 3 is 2.42 bits per heavy atom. The first kappa shape index (κ1) is 27.8. The van der Waals surface area contributed by atoms with Gasteiger partial charge < -0.3 is 10.1 Å². The van der Waals surface area contributed by atoms with Crippen LogP contribution >= 0.6 is 15.9 Å². The Morgan fingerprint density at radius 1 is 1.00 bits per heavy atom. The molecule has 1 amide bonds. The van der Waals surface area contributed by atoms with E-state index in [1.165, 1.54) is 12.1 Å². The molecular formula is C27H28BrN3O6S. The van der Waals surface area contributed by atoms with Crippen LogP contribution in [0.3, 0.4) is 0 Å². The fourth-order valence-electron chi connectivity index (χ4n) is 3.84. The summed E-state index contributed by atoms with van der Waals surface area (Å²) < 4.78 is 36.1. The second kappa shape index (κ2) is 13.0. The zero-order valence-corrected chi connectivity index (χ0v) is 23.1. The average Bonchev–Trinajstić information content (AvgIpc) is 3.30. The third kappa shape index (κ3) is 7.64.